The van der Waals surface area contributed by atoms with Gasteiger partial charge >= 0.3 is 6.61 Å². The van der Waals surface area contributed by atoms with Gasteiger partial charge in [-0.05, 0) is 29.8 Å². The number of pyridine rings is 1. The second-order valence-corrected chi connectivity index (χ2v) is 6.40. The topological polar surface area (TPSA) is 80.3 Å². The standard InChI is InChI=1S/C20H23F2N3O3/c1-13(2)18(26)24-10-8-17-16(7-4-9-23-17)19(27)25-12-14-5-3-6-15(11-14)28-20(21)22/h3-7,9,11,13,20H,8,10,12H2,1-2H3,(H,24,26)(H,25,27). The van der Waals surface area contributed by atoms with Gasteiger partial charge in [0.15, 0.2) is 0 Å². The third-order valence-electron chi connectivity index (χ3n) is 3.90. The monoisotopic (exact) mass is 391 g/mol. The van der Waals surface area contributed by atoms with Crippen LogP contribution in [-0.4, -0.2) is 30.0 Å². The number of ether oxygens (including phenoxy) is 1. The highest BCUT2D eigenvalue weighted by molar-refractivity contribution is 5.95. The minimum Gasteiger partial charge on any atom is -0.435 e. The van der Waals surface area contributed by atoms with Crippen LogP contribution >= 0.6 is 0 Å². The number of carbonyl (C=O) groups excluding carboxylic acids is 2. The van der Waals surface area contributed by atoms with E-state index in [0.717, 1.165) is 0 Å². The van der Waals surface area contributed by atoms with Gasteiger partial charge in [-0.3, -0.25) is 14.6 Å². The molecule has 1 aromatic carbocycles. The zero-order valence-electron chi connectivity index (χ0n) is 15.7. The molecule has 0 unspecified atom stereocenters. The van der Waals surface area contributed by atoms with Gasteiger partial charge in [0, 0.05) is 31.6 Å². The van der Waals surface area contributed by atoms with Crippen molar-refractivity contribution in [2.45, 2.75) is 33.4 Å². The molecule has 0 spiro atoms. The first-order valence-electron chi connectivity index (χ1n) is 8.90. The maximum atomic E-state index is 12.5. The van der Waals surface area contributed by atoms with E-state index in [0.29, 0.717) is 29.8 Å². The van der Waals surface area contributed by atoms with Crippen LogP contribution in [0.15, 0.2) is 42.6 Å². The molecule has 2 aromatic rings. The molecule has 0 aliphatic heterocycles. The van der Waals surface area contributed by atoms with Crippen LogP contribution in [0.3, 0.4) is 0 Å². The number of amides is 2. The van der Waals surface area contributed by atoms with E-state index in [1.54, 1.807) is 44.3 Å². The molecule has 0 saturated heterocycles. The molecule has 2 rings (SSSR count). The van der Waals surface area contributed by atoms with Crippen LogP contribution in [0.5, 0.6) is 5.75 Å². The quantitative estimate of drug-likeness (QED) is 0.689. The first kappa shape index (κ1) is 21.3. The normalized spacial score (nSPS) is 10.8. The summed E-state index contributed by atoms with van der Waals surface area (Å²) in [6.07, 6.45) is 2.00. The third kappa shape index (κ3) is 6.61. The summed E-state index contributed by atoms with van der Waals surface area (Å²) in [5, 5.41) is 5.53. The van der Waals surface area contributed by atoms with E-state index in [-0.39, 0.29) is 30.0 Å². The number of nitrogens with one attached hydrogen (secondary N) is 2. The largest absolute Gasteiger partial charge is 0.435 e. The molecule has 8 heteroatoms. The molecular formula is C20H23F2N3O3. The lowest BCUT2D eigenvalue weighted by Crippen LogP contribution is -2.30. The number of alkyl halides is 2. The lowest BCUT2D eigenvalue weighted by Gasteiger charge is -2.11. The summed E-state index contributed by atoms with van der Waals surface area (Å²) in [6, 6.07) is 9.44. The van der Waals surface area contributed by atoms with Crippen LogP contribution in [0.2, 0.25) is 0 Å². The Morgan fingerprint density at radius 3 is 2.64 bits per heavy atom. The van der Waals surface area contributed by atoms with E-state index in [2.05, 4.69) is 20.4 Å². The number of halogens is 2. The Morgan fingerprint density at radius 2 is 1.93 bits per heavy atom. The molecule has 0 radical (unpaired) electrons. The first-order valence-corrected chi connectivity index (χ1v) is 8.90. The predicted molar refractivity (Wildman–Crippen MR) is 100 cm³/mol. The molecule has 28 heavy (non-hydrogen) atoms. The molecule has 0 aliphatic carbocycles. The zero-order chi connectivity index (χ0) is 20.5. The van der Waals surface area contributed by atoms with E-state index >= 15 is 0 Å². The van der Waals surface area contributed by atoms with Crippen molar-refractivity contribution in [2.75, 3.05) is 6.54 Å². The van der Waals surface area contributed by atoms with Crippen molar-refractivity contribution in [3.63, 3.8) is 0 Å². The van der Waals surface area contributed by atoms with Gasteiger partial charge < -0.3 is 15.4 Å². The minimum atomic E-state index is -2.90. The number of carbonyl (C=O) groups is 2. The fourth-order valence-corrected chi connectivity index (χ4v) is 2.46. The zero-order valence-corrected chi connectivity index (χ0v) is 15.7. The second kappa shape index (κ2) is 10.3. The van der Waals surface area contributed by atoms with E-state index in [4.69, 9.17) is 0 Å². The maximum Gasteiger partial charge on any atom is 0.387 e. The van der Waals surface area contributed by atoms with Gasteiger partial charge in [-0.2, -0.15) is 8.78 Å². The molecule has 0 fully saturated rings. The second-order valence-electron chi connectivity index (χ2n) is 6.40. The fraction of sp³-hybridized carbons (Fsp3) is 0.350. The molecule has 150 valence electrons. The average Bonchev–Trinajstić information content (AvgIpc) is 2.66. The summed E-state index contributed by atoms with van der Waals surface area (Å²) in [4.78, 5) is 28.4. The Labute approximate surface area is 162 Å². The molecular weight excluding hydrogens is 368 g/mol. The molecule has 0 atom stereocenters. The smallest absolute Gasteiger partial charge is 0.387 e. The van der Waals surface area contributed by atoms with E-state index in [1.807, 2.05) is 0 Å². The Hall–Kier alpha value is -3.03. The van der Waals surface area contributed by atoms with Gasteiger partial charge in [0.05, 0.1) is 11.3 Å². The van der Waals surface area contributed by atoms with Crippen LogP contribution in [-0.2, 0) is 17.8 Å². The average molecular weight is 391 g/mol. The Balaban J connectivity index is 1.96. The SMILES string of the molecule is CC(C)C(=O)NCCc1ncccc1C(=O)NCc1cccc(OC(F)F)c1. The summed E-state index contributed by atoms with van der Waals surface area (Å²) in [5.74, 6) is -0.479. The lowest BCUT2D eigenvalue weighted by atomic mass is 10.1. The Morgan fingerprint density at radius 1 is 1.14 bits per heavy atom. The number of hydrogen-bond acceptors (Lipinski definition) is 4. The van der Waals surface area contributed by atoms with Crippen LogP contribution in [0, 0.1) is 5.92 Å². The van der Waals surface area contributed by atoms with Crippen molar-refractivity contribution in [3.05, 3.63) is 59.4 Å². The van der Waals surface area contributed by atoms with Gasteiger partial charge in [-0.1, -0.05) is 26.0 Å². The Bertz CT molecular complexity index is 813. The highest BCUT2D eigenvalue weighted by Crippen LogP contribution is 2.16. The van der Waals surface area contributed by atoms with Gasteiger partial charge in [0.1, 0.15) is 5.75 Å². The van der Waals surface area contributed by atoms with Gasteiger partial charge in [-0.25, -0.2) is 0 Å². The number of rotatable bonds is 9. The van der Waals surface area contributed by atoms with Crippen molar-refractivity contribution in [3.8, 4) is 5.75 Å². The predicted octanol–water partition coefficient (Wildman–Crippen LogP) is 2.93. The van der Waals surface area contributed by atoms with E-state index in [1.165, 1.54) is 12.1 Å². The highest BCUT2D eigenvalue weighted by atomic mass is 19.3. The van der Waals surface area contributed by atoms with Crippen molar-refractivity contribution in [1.29, 1.82) is 0 Å². The first-order chi connectivity index (χ1) is 13.4. The summed E-state index contributed by atoms with van der Waals surface area (Å²) in [5.41, 5.74) is 1.60. The molecule has 0 bridgehead atoms. The van der Waals surface area contributed by atoms with Crippen LogP contribution in [0.1, 0.15) is 35.5 Å². The Kier molecular flexibility index (Phi) is 7.86. The van der Waals surface area contributed by atoms with E-state index < -0.39 is 6.61 Å². The lowest BCUT2D eigenvalue weighted by molar-refractivity contribution is -0.123. The highest BCUT2D eigenvalue weighted by Gasteiger charge is 2.13. The van der Waals surface area contributed by atoms with Crippen LogP contribution < -0.4 is 15.4 Å². The summed E-state index contributed by atoms with van der Waals surface area (Å²) in [7, 11) is 0. The molecule has 2 amide bonds. The van der Waals surface area contributed by atoms with Gasteiger partial charge in [0.2, 0.25) is 5.91 Å². The molecule has 6 nitrogen and oxygen atoms in total. The van der Waals surface area contributed by atoms with Crippen molar-refractivity contribution in [1.82, 2.24) is 15.6 Å². The van der Waals surface area contributed by atoms with Crippen LogP contribution in [0.4, 0.5) is 8.78 Å². The van der Waals surface area contributed by atoms with Crippen LogP contribution in [0.25, 0.3) is 0 Å². The number of benzene rings is 1. The molecule has 0 aliphatic rings. The summed E-state index contributed by atoms with van der Waals surface area (Å²) < 4.78 is 29.0. The van der Waals surface area contributed by atoms with Gasteiger partial charge in [-0.15, -0.1) is 0 Å². The number of nitrogens with zero attached hydrogens (tertiary/aromatic N) is 1. The van der Waals surface area contributed by atoms with Crippen molar-refractivity contribution < 1.29 is 23.1 Å². The molecule has 0 saturated carbocycles. The third-order valence-corrected chi connectivity index (χ3v) is 3.90. The molecule has 1 heterocycles. The van der Waals surface area contributed by atoms with E-state index in [9.17, 15) is 18.4 Å². The minimum absolute atomic E-state index is 0.0321. The number of hydrogen-bond donors (Lipinski definition) is 2. The van der Waals surface area contributed by atoms with Crippen molar-refractivity contribution in [2.24, 2.45) is 5.92 Å². The molecule has 1 aromatic heterocycles. The maximum absolute atomic E-state index is 12.5. The summed E-state index contributed by atoms with van der Waals surface area (Å²) in [6.45, 7) is 1.23. The fourth-order valence-electron chi connectivity index (χ4n) is 2.46. The molecule has 2 N–H and O–H groups in total. The summed E-state index contributed by atoms with van der Waals surface area (Å²) >= 11 is 0. The van der Waals surface area contributed by atoms with Gasteiger partial charge in [0.25, 0.3) is 5.91 Å². The van der Waals surface area contributed by atoms with Crippen molar-refractivity contribution >= 4 is 11.8 Å². The number of aromatic nitrogens is 1.